The van der Waals surface area contributed by atoms with Crippen molar-refractivity contribution in [2.45, 2.75) is 6.54 Å². The highest BCUT2D eigenvalue weighted by molar-refractivity contribution is 5.63. The zero-order chi connectivity index (χ0) is 18.6. The topological polar surface area (TPSA) is 90.0 Å². The smallest absolute Gasteiger partial charge is 0.226 e. The number of anilines is 1. The van der Waals surface area contributed by atoms with E-state index in [2.05, 4.69) is 30.0 Å². The molecule has 0 bridgehead atoms. The minimum Gasteiger partial charge on any atom is -0.493 e. The maximum Gasteiger partial charge on any atom is 0.226 e. The maximum atomic E-state index is 5.44. The van der Waals surface area contributed by atoms with Crippen LogP contribution in [0.3, 0.4) is 0 Å². The number of ether oxygens (including phenoxy) is 1. The normalized spacial score (nSPS) is 15.3. The van der Waals surface area contributed by atoms with Crippen LogP contribution >= 0.6 is 0 Å². The van der Waals surface area contributed by atoms with Crippen LogP contribution in [-0.2, 0) is 13.6 Å². The lowest BCUT2D eigenvalue weighted by atomic mass is 10.2. The van der Waals surface area contributed by atoms with E-state index in [1.165, 1.54) is 0 Å². The van der Waals surface area contributed by atoms with Gasteiger partial charge in [-0.2, -0.15) is 10.2 Å². The number of piperazine rings is 1. The van der Waals surface area contributed by atoms with E-state index in [-0.39, 0.29) is 0 Å². The third-order valence-corrected chi connectivity index (χ3v) is 4.79. The molecule has 0 saturated carbocycles. The van der Waals surface area contributed by atoms with Gasteiger partial charge in [0.25, 0.3) is 0 Å². The van der Waals surface area contributed by atoms with Crippen molar-refractivity contribution in [1.82, 2.24) is 39.4 Å². The summed E-state index contributed by atoms with van der Waals surface area (Å²) in [6, 6.07) is 1.93. The number of aryl methyl sites for hydroxylation is 1. The van der Waals surface area contributed by atoms with Gasteiger partial charge in [-0.1, -0.05) is 0 Å². The molecule has 4 heterocycles. The molecule has 1 aliphatic rings. The molecule has 0 aliphatic carbocycles. The van der Waals surface area contributed by atoms with Crippen LogP contribution in [0, 0.1) is 0 Å². The van der Waals surface area contributed by atoms with E-state index in [9.17, 15) is 0 Å². The van der Waals surface area contributed by atoms with Crippen LogP contribution in [0.5, 0.6) is 5.75 Å². The molecule has 0 aromatic carbocycles. The molecule has 10 heteroatoms. The lowest BCUT2D eigenvalue weighted by Crippen LogP contribution is -2.47. The molecule has 4 rings (SSSR count). The van der Waals surface area contributed by atoms with Crippen molar-refractivity contribution >= 4 is 5.95 Å². The standard InChI is InChI=1S/C17H23N9O/c1-23-14(3-4-20-23)16-15(27-2)11-19-17(22-16)25-8-5-24(6-9-25)7-10-26-13-18-12-21-26/h3-4,11-13H,5-10H2,1-2H3. The van der Waals surface area contributed by atoms with Crippen molar-refractivity contribution in [1.29, 1.82) is 0 Å². The summed E-state index contributed by atoms with van der Waals surface area (Å²) in [5.74, 6) is 1.37. The van der Waals surface area contributed by atoms with Crippen LogP contribution in [0.2, 0.25) is 0 Å². The van der Waals surface area contributed by atoms with Gasteiger partial charge in [0.05, 0.1) is 25.5 Å². The lowest BCUT2D eigenvalue weighted by molar-refractivity contribution is 0.243. The van der Waals surface area contributed by atoms with Crippen molar-refractivity contribution in [2.24, 2.45) is 7.05 Å². The minimum atomic E-state index is 0.647. The predicted octanol–water partition coefficient (Wildman–Crippen LogP) is 0.299. The van der Waals surface area contributed by atoms with Crippen molar-refractivity contribution in [2.75, 3.05) is 44.7 Å². The first-order chi connectivity index (χ1) is 13.2. The van der Waals surface area contributed by atoms with Crippen LogP contribution in [0.25, 0.3) is 11.4 Å². The van der Waals surface area contributed by atoms with Crippen molar-refractivity contribution < 1.29 is 4.74 Å². The number of aromatic nitrogens is 7. The van der Waals surface area contributed by atoms with Crippen molar-refractivity contribution in [3.63, 3.8) is 0 Å². The van der Waals surface area contributed by atoms with Gasteiger partial charge in [-0.15, -0.1) is 0 Å². The summed E-state index contributed by atoms with van der Waals surface area (Å²) in [5, 5.41) is 8.38. The molecule has 0 radical (unpaired) electrons. The molecule has 0 atom stereocenters. The first kappa shape index (κ1) is 17.4. The average molecular weight is 369 g/mol. The second kappa shape index (κ2) is 7.70. The molecule has 3 aromatic heterocycles. The molecule has 3 aromatic rings. The Morgan fingerprint density at radius 1 is 1.11 bits per heavy atom. The SMILES string of the molecule is COc1cnc(N2CCN(CCn3cncn3)CC2)nc1-c1ccnn1C. The fourth-order valence-corrected chi connectivity index (χ4v) is 3.22. The third kappa shape index (κ3) is 3.75. The van der Waals surface area contributed by atoms with Gasteiger partial charge in [0.1, 0.15) is 18.3 Å². The zero-order valence-corrected chi connectivity index (χ0v) is 15.6. The summed E-state index contributed by atoms with van der Waals surface area (Å²) in [7, 11) is 3.52. The largest absolute Gasteiger partial charge is 0.493 e. The Balaban J connectivity index is 1.43. The zero-order valence-electron chi connectivity index (χ0n) is 15.6. The van der Waals surface area contributed by atoms with E-state index in [0.717, 1.165) is 56.6 Å². The number of nitrogens with zero attached hydrogens (tertiary/aromatic N) is 9. The molecule has 0 unspecified atom stereocenters. The lowest BCUT2D eigenvalue weighted by Gasteiger charge is -2.34. The highest BCUT2D eigenvalue weighted by Crippen LogP contribution is 2.28. The Hall–Kier alpha value is -3.01. The van der Waals surface area contributed by atoms with Crippen molar-refractivity contribution in [3.05, 3.63) is 31.1 Å². The first-order valence-corrected chi connectivity index (χ1v) is 8.93. The molecular weight excluding hydrogens is 346 g/mol. The van der Waals surface area contributed by atoms with Crippen molar-refractivity contribution in [3.8, 4) is 17.1 Å². The Morgan fingerprint density at radius 3 is 2.63 bits per heavy atom. The summed E-state index contributed by atoms with van der Waals surface area (Å²) in [5.41, 5.74) is 1.66. The van der Waals surface area contributed by atoms with Gasteiger partial charge >= 0.3 is 0 Å². The van der Waals surface area contributed by atoms with Crippen LogP contribution in [0.1, 0.15) is 0 Å². The van der Waals surface area contributed by atoms with Crippen LogP contribution < -0.4 is 9.64 Å². The third-order valence-electron chi connectivity index (χ3n) is 4.79. The van der Waals surface area contributed by atoms with Crippen LogP contribution in [0.4, 0.5) is 5.95 Å². The molecule has 0 amide bonds. The Morgan fingerprint density at radius 2 is 1.96 bits per heavy atom. The van der Waals surface area contributed by atoms with Gasteiger partial charge < -0.3 is 9.64 Å². The Kier molecular flexibility index (Phi) is 4.97. The number of methoxy groups -OCH3 is 1. The van der Waals surface area contributed by atoms with E-state index in [0.29, 0.717) is 5.75 Å². The molecule has 1 fully saturated rings. The summed E-state index contributed by atoms with van der Waals surface area (Å²) < 4.78 is 9.09. The average Bonchev–Trinajstić information content (AvgIpc) is 3.38. The molecule has 0 spiro atoms. The summed E-state index contributed by atoms with van der Waals surface area (Å²) in [6.45, 7) is 5.50. The minimum absolute atomic E-state index is 0.647. The maximum absolute atomic E-state index is 5.44. The molecule has 142 valence electrons. The number of hydrogen-bond acceptors (Lipinski definition) is 8. The highest BCUT2D eigenvalue weighted by Gasteiger charge is 2.21. The van der Waals surface area contributed by atoms with Crippen LogP contribution in [0.15, 0.2) is 31.1 Å². The van der Waals surface area contributed by atoms with E-state index in [1.807, 2.05) is 17.8 Å². The fraction of sp³-hybridized carbons (Fsp3) is 0.471. The van der Waals surface area contributed by atoms with E-state index in [4.69, 9.17) is 9.72 Å². The second-order valence-electron chi connectivity index (χ2n) is 6.41. The molecule has 27 heavy (non-hydrogen) atoms. The summed E-state index contributed by atoms with van der Waals surface area (Å²) in [4.78, 5) is 17.9. The van der Waals surface area contributed by atoms with E-state index < -0.39 is 0 Å². The van der Waals surface area contributed by atoms with Gasteiger partial charge in [0.15, 0.2) is 5.75 Å². The summed E-state index contributed by atoms with van der Waals surface area (Å²) >= 11 is 0. The second-order valence-corrected chi connectivity index (χ2v) is 6.41. The van der Waals surface area contributed by atoms with Gasteiger partial charge in [-0.25, -0.2) is 15.0 Å². The van der Waals surface area contributed by atoms with Gasteiger partial charge in [0.2, 0.25) is 5.95 Å². The van der Waals surface area contributed by atoms with E-state index in [1.54, 1.807) is 36.8 Å². The summed E-state index contributed by atoms with van der Waals surface area (Å²) in [6.07, 6.45) is 6.81. The first-order valence-electron chi connectivity index (χ1n) is 8.93. The fourth-order valence-electron chi connectivity index (χ4n) is 3.22. The molecule has 1 aliphatic heterocycles. The Labute approximate surface area is 157 Å². The van der Waals surface area contributed by atoms with Gasteiger partial charge in [-0.05, 0) is 6.07 Å². The van der Waals surface area contributed by atoms with Gasteiger partial charge in [0, 0.05) is 46.0 Å². The highest BCUT2D eigenvalue weighted by atomic mass is 16.5. The molecule has 0 N–H and O–H groups in total. The monoisotopic (exact) mass is 369 g/mol. The van der Waals surface area contributed by atoms with Gasteiger partial charge in [-0.3, -0.25) is 14.3 Å². The van der Waals surface area contributed by atoms with Crippen LogP contribution in [-0.4, -0.2) is 79.2 Å². The quantitative estimate of drug-likeness (QED) is 0.613. The predicted molar refractivity (Wildman–Crippen MR) is 99.5 cm³/mol. The molecular formula is C17H23N9O. The Bertz CT molecular complexity index is 868. The number of hydrogen-bond donors (Lipinski definition) is 0. The molecule has 1 saturated heterocycles. The number of rotatable bonds is 6. The van der Waals surface area contributed by atoms with E-state index >= 15 is 0 Å². The molecule has 10 nitrogen and oxygen atoms in total.